The molecular weight excluding hydrogens is 270 g/mol. The summed E-state index contributed by atoms with van der Waals surface area (Å²) in [6.45, 7) is 8.12. The maximum Gasteiger partial charge on any atom is 0.238 e. The number of nitrogens with one attached hydrogen (secondary N) is 1. The molecule has 0 radical (unpaired) electrons. The Kier molecular flexibility index (Phi) is 4.10. The highest BCUT2D eigenvalue weighted by Crippen LogP contribution is 2.30. The van der Waals surface area contributed by atoms with Crippen LogP contribution in [0.2, 0.25) is 0 Å². The van der Waals surface area contributed by atoms with Crippen molar-refractivity contribution in [2.75, 3.05) is 26.2 Å². The maximum atomic E-state index is 12.2. The molecule has 2 saturated heterocycles. The first-order chi connectivity index (χ1) is 9.65. The fourth-order valence-electron chi connectivity index (χ4n) is 3.28. The molecule has 1 aromatic rings. The van der Waals surface area contributed by atoms with Crippen molar-refractivity contribution in [1.82, 2.24) is 15.1 Å². The highest BCUT2D eigenvalue weighted by atomic mass is 32.1. The topological polar surface area (TPSA) is 35.6 Å². The van der Waals surface area contributed by atoms with Crippen molar-refractivity contribution in [3.63, 3.8) is 0 Å². The molecular formula is C15H23N3OS. The largest absolute Gasteiger partial charge is 0.317 e. The summed E-state index contributed by atoms with van der Waals surface area (Å²) in [6, 6.07) is 4.54. The van der Waals surface area contributed by atoms with E-state index in [2.05, 4.69) is 36.2 Å². The molecule has 2 aliphatic heterocycles. The van der Waals surface area contributed by atoms with Crippen LogP contribution in [0.3, 0.4) is 0 Å². The first-order valence-electron chi connectivity index (χ1n) is 7.48. The van der Waals surface area contributed by atoms with E-state index in [0.717, 1.165) is 6.54 Å². The highest BCUT2D eigenvalue weighted by Gasteiger charge is 2.36. The van der Waals surface area contributed by atoms with Crippen LogP contribution in [0.5, 0.6) is 0 Å². The van der Waals surface area contributed by atoms with Gasteiger partial charge in [-0.25, -0.2) is 0 Å². The van der Waals surface area contributed by atoms with Gasteiger partial charge >= 0.3 is 0 Å². The Balaban J connectivity index is 1.72. The van der Waals surface area contributed by atoms with Gasteiger partial charge in [0.05, 0.1) is 6.54 Å². The molecule has 2 aliphatic rings. The van der Waals surface area contributed by atoms with E-state index in [4.69, 9.17) is 0 Å². The minimum Gasteiger partial charge on any atom is -0.317 e. The van der Waals surface area contributed by atoms with Gasteiger partial charge in [-0.1, -0.05) is 0 Å². The maximum absolute atomic E-state index is 12.2. The fourth-order valence-corrected chi connectivity index (χ4v) is 4.24. The first-order valence-corrected chi connectivity index (χ1v) is 8.30. The number of likely N-dealkylation sites (tertiary alicyclic amines) is 1. The molecule has 2 fully saturated rings. The van der Waals surface area contributed by atoms with Crippen molar-refractivity contribution in [2.45, 2.75) is 38.9 Å². The smallest absolute Gasteiger partial charge is 0.238 e. The summed E-state index contributed by atoms with van der Waals surface area (Å²) < 4.78 is 0. The molecule has 0 aromatic carbocycles. The second-order valence-corrected chi connectivity index (χ2v) is 7.21. The lowest BCUT2D eigenvalue weighted by Gasteiger charge is -2.32. The van der Waals surface area contributed by atoms with E-state index in [1.54, 1.807) is 11.3 Å². The van der Waals surface area contributed by atoms with Crippen LogP contribution in [0, 0.1) is 6.92 Å². The minimum atomic E-state index is 0.0683. The van der Waals surface area contributed by atoms with Gasteiger partial charge in [0.15, 0.2) is 0 Å². The number of thiophene rings is 1. The van der Waals surface area contributed by atoms with E-state index >= 15 is 0 Å². The SMILES string of the molecule is Cc1ccc(C2NCC(=O)N2C(C)CN2CCCC2)s1. The Hall–Kier alpha value is -0.910. The monoisotopic (exact) mass is 293 g/mol. The van der Waals surface area contributed by atoms with E-state index in [0.29, 0.717) is 6.54 Å². The van der Waals surface area contributed by atoms with E-state index in [-0.39, 0.29) is 18.1 Å². The molecule has 2 atom stereocenters. The van der Waals surface area contributed by atoms with Crippen LogP contribution in [0.15, 0.2) is 12.1 Å². The summed E-state index contributed by atoms with van der Waals surface area (Å²) in [6.07, 6.45) is 2.66. The van der Waals surface area contributed by atoms with Crippen LogP contribution in [-0.2, 0) is 4.79 Å². The number of aryl methyl sites for hydroxylation is 1. The zero-order valence-electron chi connectivity index (χ0n) is 12.3. The number of rotatable bonds is 4. The van der Waals surface area contributed by atoms with Gasteiger partial charge in [0, 0.05) is 22.3 Å². The molecule has 2 unspecified atom stereocenters. The second-order valence-electron chi connectivity index (χ2n) is 5.89. The lowest BCUT2D eigenvalue weighted by atomic mass is 10.2. The van der Waals surface area contributed by atoms with Crippen molar-refractivity contribution in [3.05, 3.63) is 21.9 Å². The van der Waals surface area contributed by atoms with Gasteiger partial charge in [-0.15, -0.1) is 11.3 Å². The van der Waals surface area contributed by atoms with E-state index in [1.165, 1.54) is 35.7 Å². The molecule has 0 saturated carbocycles. The molecule has 3 rings (SSSR count). The van der Waals surface area contributed by atoms with Crippen molar-refractivity contribution >= 4 is 17.2 Å². The third-order valence-electron chi connectivity index (χ3n) is 4.24. The summed E-state index contributed by atoms with van der Waals surface area (Å²) in [5, 5.41) is 3.36. The number of hydrogen-bond donors (Lipinski definition) is 1. The number of carbonyl (C=O) groups excluding carboxylic acids is 1. The Morgan fingerprint density at radius 1 is 1.40 bits per heavy atom. The van der Waals surface area contributed by atoms with Gasteiger partial charge in [0.1, 0.15) is 6.17 Å². The standard InChI is InChI=1S/C15H23N3OS/c1-11(10-17-7-3-4-8-17)18-14(19)9-16-15(18)13-6-5-12(2)20-13/h5-6,11,15-16H,3-4,7-10H2,1-2H3. The molecule has 4 nitrogen and oxygen atoms in total. The number of nitrogens with zero attached hydrogens (tertiary/aromatic N) is 2. The van der Waals surface area contributed by atoms with Gasteiger partial charge in [-0.2, -0.15) is 0 Å². The van der Waals surface area contributed by atoms with Gasteiger partial charge in [-0.3, -0.25) is 10.1 Å². The quantitative estimate of drug-likeness (QED) is 0.922. The molecule has 0 bridgehead atoms. The molecule has 1 aromatic heterocycles. The van der Waals surface area contributed by atoms with E-state index < -0.39 is 0 Å². The predicted molar refractivity (Wildman–Crippen MR) is 81.8 cm³/mol. The summed E-state index contributed by atoms with van der Waals surface area (Å²) in [5.74, 6) is 0.229. The zero-order valence-corrected chi connectivity index (χ0v) is 13.1. The third kappa shape index (κ3) is 2.75. The summed E-state index contributed by atoms with van der Waals surface area (Å²) in [5.41, 5.74) is 0. The van der Waals surface area contributed by atoms with Crippen molar-refractivity contribution < 1.29 is 4.79 Å². The summed E-state index contributed by atoms with van der Waals surface area (Å²) in [7, 11) is 0. The van der Waals surface area contributed by atoms with Gasteiger partial charge in [-0.05, 0) is 51.9 Å². The van der Waals surface area contributed by atoms with Crippen LogP contribution in [0.25, 0.3) is 0 Å². The molecule has 20 heavy (non-hydrogen) atoms. The molecule has 5 heteroatoms. The van der Waals surface area contributed by atoms with E-state index in [1.807, 2.05) is 4.90 Å². The van der Waals surface area contributed by atoms with Crippen LogP contribution in [0.1, 0.15) is 35.7 Å². The number of hydrogen-bond acceptors (Lipinski definition) is 4. The van der Waals surface area contributed by atoms with Crippen molar-refractivity contribution in [1.29, 1.82) is 0 Å². The van der Waals surface area contributed by atoms with Gasteiger partial charge in [0.25, 0.3) is 0 Å². The normalized spacial score (nSPS) is 25.6. The second kappa shape index (κ2) is 5.84. The Morgan fingerprint density at radius 3 is 2.80 bits per heavy atom. The zero-order chi connectivity index (χ0) is 14.1. The van der Waals surface area contributed by atoms with Gasteiger partial charge < -0.3 is 9.80 Å². The fraction of sp³-hybridized carbons (Fsp3) is 0.667. The Labute approximate surface area is 124 Å². The molecule has 0 spiro atoms. The number of carbonyl (C=O) groups is 1. The van der Waals surface area contributed by atoms with Crippen LogP contribution < -0.4 is 5.32 Å². The van der Waals surface area contributed by atoms with Crippen LogP contribution in [0.4, 0.5) is 0 Å². The molecule has 1 amide bonds. The molecule has 110 valence electrons. The van der Waals surface area contributed by atoms with Gasteiger partial charge in [0.2, 0.25) is 5.91 Å². The first kappa shape index (κ1) is 14.0. The molecule has 0 aliphatic carbocycles. The lowest BCUT2D eigenvalue weighted by Crippen LogP contribution is -2.44. The summed E-state index contributed by atoms with van der Waals surface area (Å²) >= 11 is 1.78. The average molecular weight is 293 g/mol. The average Bonchev–Trinajstić information content (AvgIpc) is 3.10. The summed E-state index contributed by atoms with van der Waals surface area (Å²) in [4.78, 5) is 19.3. The molecule has 3 heterocycles. The van der Waals surface area contributed by atoms with Crippen LogP contribution >= 0.6 is 11.3 Å². The lowest BCUT2D eigenvalue weighted by molar-refractivity contribution is -0.130. The number of amides is 1. The van der Waals surface area contributed by atoms with Crippen molar-refractivity contribution in [2.24, 2.45) is 0 Å². The highest BCUT2D eigenvalue weighted by molar-refractivity contribution is 7.12. The minimum absolute atomic E-state index is 0.0683. The van der Waals surface area contributed by atoms with Crippen LogP contribution in [-0.4, -0.2) is 47.9 Å². The van der Waals surface area contributed by atoms with Crippen molar-refractivity contribution in [3.8, 4) is 0 Å². The Bertz CT molecular complexity index is 481. The third-order valence-corrected chi connectivity index (χ3v) is 5.29. The van der Waals surface area contributed by atoms with E-state index in [9.17, 15) is 4.79 Å². The Morgan fingerprint density at radius 2 is 2.15 bits per heavy atom. The molecule has 1 N–H and O–H groups in total. The predicted octanol–water partition coefficient (Wildman–Crippen LogP) is 1.97.